The fraction of sp³-hybridized carbons (Fsp3) is 0.353. The van der Waals surface area contributed by atoms with Crippen LogP contribution in [0.5, 0.6) is 0 Å². The van der Waals surface area contributed by atoms with Crippen LogP contribution in [0.2, 0.25) is 0 Å². The minimum Gasteiger partial charge on any atom is -0.366 e. The van der Waals surface area contributed by atoms with Gasteiger partial charge >= 0.3 is 0 Å². The second-order valence-electron chi connectivity index (χ2n) is 5.27. The number of aryl methyl sites for hydroxylation is 1. The highest BCUT2D eigenvalue weighted by Crippen LogP contribution is 2.20. The first-order valence-corrected chi connectivity index (χ1v) is 7.66. The average Bonchev–Trinajstić information content (AvgIpc) is 2.53. The van der Waals surface area contributed by atoms with E-state index in [9.17, 15) is 4.79 Å². The zero-order valence-electron chi connectivity index (χ0n) is 12.9. The molecule has 1 heterocycles. The van der Waals surface area contributed by atoms with Crippen molar-refractivity contribution < 1.29 is 4.79 Å². The number of rotatable bonds is 8. The molecule has 0 bridgehead atoms. The van der Waals surface area contributed by atoms with Gasteiger partial charge in [0.15, 0.2) is 0 Å². The van der Waals surface area contributed by atoms with Crippen LogP contribution in [0.3, 0.4) is 0 Å². The van der Waals surface area contributed by atoms with Gasteiger partial charge in [0.25, 0.3) is 0 Å². The molecule has 3 N–H and O–H groups in total. The third-order valence-corrected chi connectivity index (χ3v) is 3.52. The van der Waals surface area contributed by atoms with Gasteiger partial charge in [-0.25, -0.2) is 9.97 Å². The van der Waals surface area contributed by atoms with Crippen molar-refractivity contribution in [3.63, 3.8) is 0 Å². The van der Waals surface area contributed by atoms with Crippen LogP contribution in [0.4, 0.5) is 11.5 Å². The molecule has 0 aliphatic rings. The first kappa shape index (κ1) is 15.9. The summed E-state index contributed by atoms with van der Waals surface area (Å²) >= 11 is 0. The van der Waals surface area contributed by atoms with E-state index in [0.717, 1.165) is 29.9 Å². The molecule has 1 aromatic heterocycles. The standard InChI is InChI=1S/C17H22N4O/c1-2-3-4-5-6-14-11-19-12-20-17(14)21-15-9-7-13(8-10-15)16(18)22/h7-12H,2-6H2,1H3,(H2,18,22)(H,19,20,21). The Morgan fingerprint density at radius 3 is 2.64 bits per heavy atom. The number of unbranched alkanes of at least 4 members (excludes halogenated alkanes) is 3. The smallest absolute Gasteiger partial charge is 0.248 e. The summed E-state index contributed by atoms with van der Waals surface area (Å²) in [6.07, 6.45) is 9.19. The summed E-state index contributed by atoms with van der Waals surface area (Å²) in [5.41, 5.74) is 7.72. The van der Waals surface area contributed by atoms with E-state index in [1.165, 1.54) is 25.6 Å². The number of nitrogens with zero attached hydrogens (tertiary/aromatic N) is 2. The molecule has 2 rings (SSSR count). The topological polar surface area (TPSA) is 80.9 Å². The van der Waals surface area contributed by atoms with Crippen LogP contribution in [-0.2, 0) is 6.42 Å². The first-order chi connectivity index (χ1) is 10.7. The van der Waals surface area contributed by atoms with Crippen LogP contribution < -0.4 is 11.1 Å². The fourth-order valence-electron chi connectivity index (χ4n) is 2.25. The van der Waals surface area contributed by atoms with Crippen molar-refractivity contribution in [2.75, 3.05) is 5.32 Å². The van der Waals surface area contributed by atoms with Crippen LogP contribution in [0.15, 0.2) is 36.8 Å². The van der Waals surface area contributed by atoms with Crippen molar-refractivity contribution in [1.82, 2.24) is 9.97 Å². The molecular formula is C17H22N4O. The average molecular weight is 298 g/mol. The van der Waals surface area contributed by atoms with E-state index in [1.807, 2.05) is 18.3 Å². The van der Waals surface area contributed by atoms with Crippen LogP contribution in [0.25, 0.3) is 0 Å². The lowest BCUT2D eigenvalue weighted by molar-refractivity contribution is 0.100. The predicted molar refractivity (Wildman–Crippen MR) is 88.1 cm³/mol. The summed E-state index contributed by atoms with van der Waals surface area (Å²) in [5.74, 6) is 0.392. The molecule has 2 aromatic rings. The Labute approximate surface area is 131 Å². The van der Waals surface area contributed by atoms with E-state index in [0.29, 0.717) is 5.56 Å². The summed E-state index contributed by atoms with van der Waals surface area (Å²) in [6, 6.07) is 7.05. The van der Waals surface area contributed by atoms with Crippen molar-refractivity contribution in [3.8, 4) is 0 Å². The van der Waals surface area contributed by atoms with Gasteiger partial charge in [0.1, 0.15) is 12.1 Å². The van der Waals surface area contributed by atoms with Crippen molar-refractivity contribution >= 4 is 17.4 Å². The number of aromatic nitrogens is 2. The Hall–Kier alpha value is -2.43. The van der Waals surface area contributed by atoms with Crippen LogP contribution in [-0.4, -0.2) is 15.9 Å². The minimum absolute atomic E-state index is 0.426. The summed E-state index contributed by atoms with van der Waals surface area (Å²) < 4.78 is 0. The molecule has 0 saturated heterocycles. The van der Waals surface area contributed by atoms with E-state index in [4.69, 9.17) is 5.73 Å². The van der Waals surface area contributed by atoms with E-state index in [2.05, 4.69) is 22.2 Å². The van der Waals surface area contributed by atoms with Gasteiger partial charge in [0.05, 0.1) is 0 Å². The number of hydrogen-bond acceptors (Lipinski definition) is 4. The highest BCUT2D eigenvalue weighted by molar-refractivity contribution is 5.93. The molecule has 0 aliphatic heterocycles. The first-order valence-electron chi connectivity index (χ1n) is 7.66. The zero-order chi connectivity index (χ0) is 15.8. The molecule has 116 valence electrons. The van der Waals surface area contributed by atoms with Gasteiger partial charge in [0, 0.05) is 23.0 Å². The monoisotopic (exact) mass is 298 g/mol. The Kier molecular flexibility index (Phi) is 5.89. The molecule has 1 aromatic carbocycles. The number of primary amides is 1. The van der Waals surface area contributed by atoms with E-state index >= 15 is 0 Å². The van der Waals surface area contributed by atoms with Crippen LogP contribution >= 0.6 is 0 Å². The molecule has 0 atom stereocenters. The molecule has 0 fully saturated rings. The number of amides is 1. The maximum Gasteiger partial charge on any atom is 0.248 e. The SMILES string of the molecule is CCCCCCc1cncnc1Nc1ccc(C(N)=O)cc1. The van der Waals surface area contributed by atoms with Crippen molar-refractivity contribution in [2.24, 2.45) is 5.73 Å². The lowest BCUT2D eigenvalue weighted by Gasteiger charge is -2.10. The van der Waals surface area contributed by atoms with E-state index < -0.39 is 5.91 Å². The Balaban J connectivity index is 2.04. The molecule has 0 aliphatic carbocycles. The number of nitrogens with one attached hydrogen (secondary N) is 1. The lowest BCUT2D eigenvalue weighted by Crippen LogP contribution is -2.10. The van der Waals surface area contributed by atoms with Crippen molar-refractivity contribution in [3.05, 3.63) is 47.9 Å². The lowest BCUT2D eigenvalue weighted by atomic mass is 10.1. The zero-order valence-corrected chi connectivity index (χ0v) is 12.9. The molecule has 0 unspecified atom stereocenters. The van der Waals surface area contributed by atoms with E-state index in [-0.39, 0.29) is 0 Å². The van der Waals surface area contributed by atoms with Crippen LogP contribution in [0.1, 0.15) is 48.5 Å². The normalized spacial score (nSPS) is 10.4. The second-order valence-corrected chi connectivity index (χ2v) is 5.27. The molecule has 1 amide bonds. The number of anilines is 2. The highest BCUT2D eigenvalue weighted by Gasteiger charge is 2.05. The number of carbonyl (C=O) groups excluding carboxylic acids is 1. The maximum atomic E-state index is 11.1. The third kappa shape index (κ3) is 4.55. The molecular weight excluding hydrogens is 276 g/mol. The summed E-state index contributed by atoms with van der Waals surface area (Å²) in [4.78, 5) is 19.5. The quantitative estimate of drug-likeness (QED) is 0.731. The Morgan fingerprint density at radius 2 is 1.95 bits per heavy atom. The predicted octanol–water partition coefficient (Wildman–Crippen LogP) is 3.44. The van der Waals surface area contributed by atoms with Gasteiger partial charge in [-0.1, -0.05) is 26.2 Å². The maximum absolute atomic E-state index is 11.1. The van der Waals surface area contributed by atoms with Gasteiger partial charge < -0.3 is 11.1 Å². The number of benzene rings is 1. The summed E-state index contributed by atoms with van der Waals surface area (Å²) in [7, 11) is 0. The molecule has 0 saturated carbocycles. The Bertz CT molecular complexity index is 610. The summed E-state index contributed by atoms with van der Waals surface area (Å²) in [5, 5.41) is 3.28. The van der Waals surface area contributed by atoms with E-state index in [1.54, 1.807) is 12.1 Å². The number of carbonyl (C=O) groups is 1. The van der Waals surface area contributed by atoms with Crippen LogP contribution in [0, 0.1) is 0 Å². The highest BCUT2D eigenvalue weighted by atomic mass is 16.1. The summed E-state index contributed by atoms with van der Waals surface area (Å²) in [6.45, 7) is 2.20. The van der Waals surface area contributed by atoms with Gasteiger partial charge in [-0.15, -0.1) is 0 Å². The molecule has 22 heavy (non-hydrogen) atoms. The van der Waals surface area contributed by atoms with Gasteiger partial charge in [-0.2, -0.15) is 0 Å². The number of hydrogen-bond donors (Lipinski definition) is 2. The van der Waals surface area contributed by atoms with Crippen molar-refractivity contribution in [1.29, 1.82) is 0 Å². The molecule has 0 spiro atoms. The van der Waals surface area contributed by atoms with Gasteiger partial charge in [0.2, 0.25) is 5.91 Å². The largest absolute Gasteiger partial charge is 0.366 e. The van der Waals surface area contributed by atoms with Gasteiger partial charge in [-0.3, -0.25) is 4.79 Å². The third-order valence-electron chi connectivity index (χ3n) is 3.52. The van der Waals surface area contributed by atoms with Gasteiger partial charge in [-0.05, 0) is 37.1 Å². The fourth-order valence-corrected chi connectivity index (χ4v) is 2.25. The second kappa shape index (κ2) is 8.12. The Morgan fingerprint density at radius 1 is 1.18 bits per heavy atom. The van der Waals surface area contributed by atoms with Crippen molar-refractivity contribution in [2.45, 2.75) is 39.0 Å². The minimum atomic E-state index is -0.426. The number of nitrogens with two attached hydrogens (primary N) is 1. The molecule has 0 radical (unpaired) electrons. The molecule has 5 heteroatoms. The molecule has 5 nitrogen and oxygen atoms in total.